The maximum absolute atomic E-state index is 12.8. The molecule has 0 aliphatic heterocycles. The number of para-hydroxylation sites is 1. The lowest BCUT2D eigenvalue weighted by Gasteiger charge is -2.26. The number of carbonyl (C=O) groups excluding carboxylic acids is 2. The summed E-state index contributed by atoms with van der Waals surface area (Å²) in [5, 5.41) is 10.5. The number of hydrogen-bond acceptors (Lipinski definition) is 3. The molecule has 7 nitrogen and oxygen atoms in total. The first-order chi connectivity index (χ1) is 13.5. The van der Waals surface area contributed by atoms with Crippen molar-refractivity contribution in [2.45, 2.75) is 59.9 Å². The van der Waals surface area contributed by atoms with Crippen molar-refractivity contribution in [1.29, 1.82) is 0 Å². The number of anilines is 1. The van der Waals surface area contributed by atoms with Crippen LogP contribution in [0.1, 0.15) is 52.8 Å². The molecule has 7 heteroatoms. The van der Waals surface area contributed by atoms with Gasteiger partial charge in [-0.3, -0.25) is 4.79 Å². The summed E-state index contributed by atoms with van der Waals surface area (Å²) in [4.78, 5) is 26.6. The van der Waals surface area contributed by atoms with Gasteiger partial charge in [0, 0.05) is 24.1 Å². The van der Waals surface area contributed by atoms with Crippen LogP contribution >= 0.6 is 0 Å². The van der Waals surface area contributed by atoms with Gasteiger partial charge in [-0.2, -0.15) is 5.10 Å². The molecule has 0 aliphatic carbocycles. The molecule has 0 bridgehead atoms. The van der Waals surface area contributed by atoms with E-state index in [1.165, 1.54) is 4.90 Å². The molecule has 0 saturated carbocycles. The first-order valence-corrected chi connectivity index (χ1v) is 10.1. The minimum absolute atomic E-state index is 0.0344. The third-order valence-corrected chi connectivity index (χ3v) is 4.62. The summed E-state index contributed by atoms with van der Waals surface area (Å²) in [6.45, 7) is 14.4. The van der Waals surface area contributed by atoms with Gasteiger partial charge in [0.15, 0.2) is 0 Å². The van der Waals surface area contributed by atoms with Gasteiger partial charge in [-0.15, -0.1) is 0 Å². The van der Waals surface area contributed by atoms with Gasteiger partial charge in [0.1, 0.15) is 12.4 Å². The SMILES string of the molecule is CCNC(=O)N(CC(=O)Nc1cc(C(C)(C)C)nn1-c1ccccc1C)C(C)C. The number of nitrogens with zero attached hydrogens (tertiary/aromatic N) is 3. The fourth-order valence-corrected chi connectivity index (χ4v) is 2.90. The lowest BCUT2D eigenvalue weighted by Crippen LogP contribution is -2.47. The van der Waals surface area contributed by atoms with E-state index in [4.69, 9.17) is 5.10 Å². The van der Waals surface area contributed by atoms with Crippen molar-refractivity contribution in [1.82, 2.24) is 20.0 Å². The number of benzene rings is 1. The summed E-state index contributed by atoms with van der Waals surface area (Å²) in [5.74, 6) is 0.328. The van der Waals surface area contributed by atoms with Gasteiger partial charge in [-0.25, -0.2) is 9.48 Å². The fraction of sp³-hybridized carbons (Fsp3) is 0.500. The first-order valence-electron chi connectivity index (χ1n) is 10.1. The van der Waals surface area contributed by atoms with Gasteiger partial charge in [0.2, 0.25) is 5.91 Å². The smallest absolute Gasteiger partial charge is 0.318 e. The normalized spacial score (nSPS) is 11.4. The predicted molar refractivity (Wildman–Crippen MR) is 117 cm³/mol. The van der Waals surface area contributed by atoms with E-state index in [9.17, 15) is 9.59 Å². The summed E-state index contributed by atoms with van der Waals surface area (Å²) in [5.41, 5.74) is 2.67. The highest BCUT2D eigenvalue weighted by Gasteiger charge is 2.24. The summed E-state index contributed by atoms with van der Waals surface area (Å²) in [6.07, 6.45) is 0. The minimum atomic E-state index is -0.264. The molecule has 29 heavy (non-hydrogen) atoms. The molecule has 1 aromatic carbocycles. The molecule has 0 aliphatic rings. The van der Waals surface area contributed by atoms with E-state index in [0.29, 0.717) is 12.4 Å². The van der Waals surface area contributed by atoms with Crippen LogP contribution in [0.15, 0.2) is 30.3 Å². The second kappa shape index (κ2) is 9.11. The first kappa shape index (κ1) is 22.5. The highest BCUT2D eigenvalue weighted by molar-refractivity contribution is 5.94. The van der Waals surface area contributed by atoms with Crippen LogP contribution in [0.4, 0.5) is 10.6 Å². The fourth-order valence-electron chi connectivity index (χ4n) is 2.90. The number of hydrogen-bond donors (Lipinski definition) is 2. The molecule has 0 fully saturated rings. The van der Waals surface area contributed by atoms with Crippen LogP contribution in [0.25, 0.3) is 5.69 Å². The third kappa shape index (κ3) is 5.59. The zero-order chi connectivity index (χ0) is 21.8. The van der Waals surface area contributed by atoms with Crippen molar-refractivity contribution in [2.24, 2.45) is 0 Å². The molecule has 2 rings (SSSR count). The summed E-state index contributed by atoms with van der Waals surface area (Å²) < 4.78 is 1.76. The van der Waals surface area contributed by atoms with Crippen molar-refractivity contribution in [3.63, 3.8) is 0 Å². The van der Waals surface area contributed by atoms with Crippen LogP contribution < -0.4 is 10.6 Å². The average molecular weight is 400 g/mol. The van der Waals surface area contributed by atoms with E-state index >= 15 is 0 Å². The zero-order valence-corrected chi connectivity index (χ0v) is 18.5. The Morgan fingerprint density at radius 1 is 1.21 bits per heavy atom. The Kier molecular flexibility index (Phi) is 7.06. The Morgan fingerprint density at radius 2 is 1.86 bits per heavy atom. The molecule has 2 aromatic rings. The molecule has 3 amide bonds. The minimum Gasteiger partial charge on any atom is -0.338 e. The second-order valence-corrected chi connectivity index (χ2v) is 8.47. The van der Waals surface area contributed by atoms with Crippen molar-refractivity contribution < 1.29 is 9.59 Å². The van der Waals surface area contributed by atoms with Crippen molar-refractivity contribution >= 4 is 17.8 Å². The number of urea groups is 1. The van der Waals surface area contributed by atoms with E-state index in [-0.39, 0.29) is 29.9 Å². The van der Waals surface area contributed by atoms with Crippen LogP contribution in [-0.4, -0.2) is 45.8 Å². The number of aromatic nitrogens is 2. The van der Waals surface area contributed by atoms with E-state index < -0.39 is 0 Å². The maximum Gasteiger partial charge on any atom is 0.318 e. The number of nitrogens with one attached hydrogen (secondary N) is 2. The number of carbonyl (C=O) groups is 2. The van der Waals surface area contributed by atoms with Crippen LogP contribution in [0.2, 0.25) is 0 Å². The molecular formula is C22H33N5O2. The van der Waals surface area contributed by atoms with Crippen molar-refractivity contribution in [2.75, 3.05) is 18.4 Å². The molecule has 0 unspecified atom stereocenters. The lowest BCUT2D eigenvalue weighted by atomic mass is 9.92. The molecule has 1 heterocycles. The summed E-state index contributed by atoms with van der Waals surface area (Å²) in [7, 11) is 0. The Morgan fingerprint density at radius 3 is 2.41 bits per heavy atom. The Labute approximate surface area is 173 Å². The second-order valence-electron chi connectivity index (χ2n) is 8.47. The molecule has 1 aromatic heterocycles. The van der Waals surface area contributed by atoms with E-state index in [1.54, 1.807) is 4.68 Å². The van der Waals surface area contributed by atoms with E-state index in [2.05, 4.69) is 31.4 Å². The molecular weight excluding hydrogens is 366 g/mol. The highest BCUT2D eigenvalue weighted by Crippen LogP contribution is 2.27. The molecule has 0 spiro atoms. The van der Waals surface area contributed by atoms with Crippen LogP contribution in [-0.2, 0) is 10.2 Å². The summed E-state index contributed by atoms with van der Waals surface area (Å²) in [6, 6.07) is 9.45. The molecule has 0 saturated heterocycles. The van der Waals surface area contributed by atoms with Crippen LogP contribution in [0, 0.1) is 6.92 Å². The van der Waals surface area contributed by atoms with Gasteiger partial charge < -0.3 is 15.5 Å². The monoisotopic (exact) mass is 399 g/mol. The van der Waals surface area contributed by atoms with Gasteiger partial charge >= 0.3 is 6.03 Å². The van der Waals surface area contributed by atoms with Gasteiger partial charge in [0.25, 0.3) is 0 Å². The topological polar surface area (TPSA) is 79.3 Å². The molecule has 0 atom stereocenters. The maximum atomic E-state index is 12.8. The summed E-state index contributed by atoms with van der Waals surface area (Å²) >= 11 is 0. The van der Waals surface area contributed by atoms with Crippen molar-refractivity contribution in [3.8, 4) is 5.69 Å². The number of amides is 3. The largest absolute Gasteiger partial charge is 0.338 e. The Hall–Kier alpha value is -2.83. The molecule has 2 N–H and O–H groups in total. The Balaban J connectivity index is 2.33. The molecule has 158 valence electrons. The van der Waals surface area contributed by atoms with Gasteiger partial charge in [0.05, 0.1) is 11.4 Å². The van der Waals surface area contributed by atoms with Gasteiger partial charge in [-0.05, 0) is 39.3 Å². The average Bonchev–Trinajstić information content (AvgIpc) is 3.04. The van der Waals surface area contributed by atoms with Crippen LogP contribution in [0.5, 0.6) is 0 Å². The number of rotatable bonds is 6. The quantitative estimate of drug-likeness (QED) is 0.774. The predicted octanol–water partition coefficient (Wildman–Crippen LogP) is 3.86. The van der Waals surface area contributed by atoms with E-state index in [0.717, 1.165) is 16.9 Å². The van der Waals surface area contributed by atoms with Gasteiger partial charge in [-0.1, -0.05) is 39.0 Å². The highest BCUT2D eigenvalue weighted by atomic mass is 16.2. The van der Waals surface area contributed by atoms with Crippen LogP contribution in [0.3, 0.4) is 0 Å². The molecule has 0 radical (unpaired) electrons. The van der Waals surface area contributed by atoms with E-state index in [1.807, 2.05) is 58.0 Å². The lowest BCUT2D eigenvalue weighted by molar-refractivity contribution is -0.117. The Bertz CT molecular complexity index is 864. The third-order valence-electron chi connectivity index (χ3n) is 4.62. The number of aryl methyl sites for hydroxylation is 1. The standard InChI is InChI=1S/C22H33N5O2/c1-8-23-21(29)26(15(2)3)14-20(28)24-19-13-18(22(5,6)7)25-27(19)17-12-10-9-11-16(17)4/h9-13,15H,8,14H2,1-7H3,(H,23,29)(H,24,28). The van der Waals surface area contributed by atoms with Crippen molar-refractivity contribution in [3.05, 3.63) is 41.6 Å². The zero-order valence-electron chi connectivity index (χ0n) is 18.5.